The summed E-state index contributed by atoms with van der Waals surface area (Å²) < 4.78 is 5.62. The summed E-state index contributed by atoms with van der Waals surface area (Å²) in [5.74, 6) is 2.54. The molecule has 0 aliphatic rings. The number of nitrogens with zero attached hydrogens (tertiary/aromatic N) is 2. The van der Waals surface area contributed by atoms with Crippen molar-refractivity contribution in [2.75, 3.05) is 33.2 Å². The molecule has 0 fully saturated rings. The number of rotatable bonds is 9. The van der Waals surface area contributed by atoms with Gasteiger partial charge in [-0.25, -0.2) is 0 Å². The molecular formula is C17H33IN4O. The summed E-state index contributed by atoms with van der Waals surface area (Å²) in [5.41, 5.74) is 0. The van der Waals surface area contributed by atoms with Gasteiger partial charge in [0.25, 0.3) is 0 Å². The molecule has 0 saturated carbocycles. The lowest BCUT2D eigenvalue weighted by Gasteiger charge is -2.28. The minimum Gasteiger partial charge on any atom is -0.468 e. The van der Waals surface area contributed by atoms with E-state index in [1.165, 1.54) is 0 Å². The van der Waals surface area contributed by atoms with E-state index in [0.717, 1.165) is 44.3 Å². The van der Waals surface area contributed by atoms with Gasteiger partial charge in [0.1, 0.15) is 5.76 Å². The maximum absolute atomic E-state index is 5.62. The predicted octanol–water partition coefficient (Wildman–Crippen LogP) is 3.49. The molecule has 23 heavy (non-hydrogen) atoms. The van der Waals surface area contributed by atoms with Gasteiger partial charge in [0.15, 0.2) is 5.96 Å². The van der Waals surface area contributed by atoms with Crippen LogP contribution >= 0.6 is 24.0 Å². The third-order valence-corrected chi connectivity index (χ3v) is 3.83. The Morgan fingerprint density at radius 3 is 2.43 bits per heavy atom. The molecule has 0 spiro atoms. The Bertz CT molecular complexity index is 416. The largest absolute Gasteiger partial charge is 0.468 e. The molecule has 0 bridgehead atoms. The van der Waals surface area contributed by atoms with Crippen molar-refractivity contribution in [2.45, 2.75) is 40.2 Å². The zero-order valence-corrected chi connectivity index (χ0v) is 17.5. The van der Waals surface area contributed by atoms with Crippen molar-refractivity contribution >= 4 is 29.9 Å². The average molecular weight is 436 g/mol. The van der Waals surface area contributed by atoms with E-state index in [1.807, 2.05) is 19.2 Å². The Hall–Kier alpha value is -0.760. The van der Waals surface area contributed by atoms with E-state index in [9.17, 15) is 0 Å². The van der Waals surface area contributed by atoms with Crippen molar-refractivity contribution < 1.29 is 4.42 Å². The lowest BCUT2D eigenvalue weighted by molar-refractivity contribution is 0.193. The van der Waals surface area contributed by atoms with E-state index in [-0.39, 0.29) is 30.0 Å². The SMILES string of the molecule is CCN(CC)C(CNC(=NC)NCCC(C)C)c1ccco1.I. The van der Waals surface area contributed by atoms with Gasteiger partial charge in [-0.2, -0.15) is 0 Å². The summed E-state index contributed by atoms with van der Waals surface area (Å²) >= 11 is 0. The molecule has 1 aromatic heterocycles. The Kier molecular flexibility index (Phi) is 12.2. The van der Waals surface area contributed by atoms with Crippen molar-refractivity contribution in [3.05, 3.63) is 24.2 Å². The van der Waals surface area contributed by atoms with Crippen LogP contribution in [-0.2, 0) is 0 Å². The van der Waals surface area contributed by atoms with E-state index >= 15 is 0 Å². The minimum atomic E-state index is 0. The van der Waals surface area contributed by atoms with Gasteiger partial charge in [-0.3, -0.25) is 9.89 Å². The van der Waals surface area contributed by atoms with Gasteiger partial charge < -0.3 is 15.1 Å². The molecule has 0 aliphatic heterocycles. The zero-order valence-electron chi connectivity index (χ0n) is 15.1. The van der Waals surface area contributed by atoms with Crippen LogP contribution in [0, 0.1) is 5.92 Å². The second-order valence-corrected chi connectivity index (χ2v) is 5.81. The zero-order chi connectivity index (χ0) is 16.4. The number of likely N-dealkylation sites (N-methyl/N-ethyl adjacent to an activating group) is 1. The summed E-state index contributed by atoms with van der Waals surface area (Å²) in [4.78, 5) is 6.68. The Balaban J connectivity index is 0.00000484. The first-order valence-electron chi connectivity index (χ1n) is 8.34. The third kappa shape index (κ3) is 8.06. The molecular weight excluding hydrogens is 403 g/mol. The number of hydrogen-bond acceptors (Lipinski definition) is 3. The van der Waals surface area contributed by atoms with Crippen LogP contribution < -0.4 is 10.6 Å². The summed E-state index contributed by atoms with van der Waals surface area (Å²) in [6.45, 7) is 12.5. The molecule has 6 heteroatoms. The number of hydrogen-bond donors (Lipinski definition) is 2. The molecule has 1 heterocycles. The standard InChI is InChI=1S/C17H32N4O.HI/c1-6-21(7-2)15(16-9-8-12-22-16)13-20-17(18-5)19-11-10-14(3)4;/h8-9,12,14-15H,6-7,10-11,13H2,1-5H3,(H2,18,19,20);1H. The van der Waals surface area contributed by atoms with Crippen molar-refractivity contribution in [2.24, 2.45) is 10.9 Å². The molecule has 1 rings (SSSR count). The van der Waals surface area contributed by atoms with Crippen LogP contribution in [0.2, 0.25) is 0 Å². The van der Waals surface area contributed by atoms with Crippen molar-refractivity contribution in [1.82, 2.24) is 15.5 Å². The van der Waals surface area contributed by atoms with Crippen LogP contribution in [0.4, 0.5) is 0 Å². The van der Waals surface area contributed by atoms with Gasteiger partial charge in [0.2, 0.25) is 0 Å². The molecule has 0 amide bonds. The summed E-state index contributed by atoms with van der Waals surface area (Å²) in [6, 6.07) is 4.20. The van der Waals surface area contributed by atoms with Gasteiger partial charge in [-0.15, -0.1) is 24.0 Å². The van der Waals surface area contributed by atoms with E-state index in [4.69, 9.17) is 4.42 Å². The molecule has 1 aromatic rings. The summed E-state index contributed by atoms with van der Waals surface area (Å²) in [6.07, 6.45) is 2.87. The highest BCUT2D eigenvalue weighted by Gasteiger charge is 2.20. The fraction of sp³-hybridized carbons (Fsp3) is 0.706. The smallest absolute Gasteiger partial charge is 0.191 e. The molecule has 1 unspecified atom stereocenters. The predicted molar refractivity (Wildman–Crippen MR) is 109 cm³/mol. The van der Waals surface area contributed by atoms with Gasteiger partial charge in [0.05, 0.1) is 12.3 Å². The maximum atomic E-state index is 5.62. The van der Waals surface area contributed by atoms with Crippen molar-refractivity contribution in [3.63, 3.8) is 0 Å². The monoisotopic (exact) mass is 436 g/mol. The van der Waals surface area contributed by atoms with Gasteiger partial charge in [0, 0.05) is 20.1 Å². The van der Waals surface area contributed by atoms with Crippen LogP contribution in [0.15, 0.2) is 27.8 Å². The number of furan rings is 1. The van der Waals surface area contributed by atoms with Crippen LogP contribution in [-0.4, -0.2) is 44.1 Å². The highest BCUT2D eigenvalue weighted by molar-refractivity contribution is 14.0. The quantitative estimate of drug-likeness (QED) is 0.354. The average Bonchev–Trinajstić information content (AvgIpc) is 3.03. The van der Waals surface area contributed by atoms with Crippen LogP contribution in [0.25, 0.3) is 0 Å². The van der Waals surface area contributed by atoms with E-state index in [1.54, 1.807) is 6.26 Å². The first-order chi connectivity index (χ1) is 10.6. The molecule has 1 atom stereocenters. The van der Waals surface area contributed by atoms with Crippen LogP contribution in [0.3, 0.4) is 0 Å². The second-order valence-electron chi connectivity index (χ2n) is 5.81. The molecule has 134 valence electrons. The highest BCUT2D eigenvalue weighted by atomic mass is 127. The van der Waals surface area contributed by atoms with Gasteiger partial charge in [-0.1, -0.05) is 27.7 Å². The maximum Gasteiger partial charge on any atom is 0.191 e. The van der Waals surface area contributed by atoms with Crippen molar-refractivity contribution in [1.29, 1.82) is 0 Å². The molecule has 0 aromatic carbocycles. The number of halogens is 1. The Morgan fingerprint density at radius 2 is 1.96 bits per heavy atom. The summed E-state index contributed by atoms with van der Waals surface area (Å²) in [5, 5.41) is 6.78. The topological polar surface area (TPSA) is 52.8 Å². The number of guanidine groups is 1. The van der Waals surface area contributed by atoms with Gasteiger partial charge >= 0.3 is 0 Å². The molecule has 2 N–H and O–H groups in total. The third-order valence-electron chi connectivity index (χ3n) is 3.83. The molecule has 0 aliphatic carbocycles. The lowest BCUT2D eigenvalue weighted by Crippen LogP contribution is -2.43. The highest BCUT2D eigenvalue weighted by Crippen LogP contribution is 2.20. The fourth-order valence-electron chi connectivity index (χ4n) is 2.45. The first-order valence-corrected chi connectivity index (χ1v) is 8.34. The summed E-state index contributed by atoms with van der Waals surface area (Å²) in [7, 11) is 1.81. The second kappa shape index (κ2) is 12.6. The van der Waals surface area contributed by atoms with E-state index in [0.29, 0.717) is 5.92 Å². The van der Waals surface area contributed by atoms with E-state index in [2.05, 4.69) is 48.2 Å². The Labute approximate surface area is 158 Å². The molecule has 0 radical (unpaired) electrons. The Morgan fingerprint density at radius 1 is 1.26 bits per heavy atom. The number of aliphatic imine (C=N–C) groups is 1. The van der Waals surface area contributed by atoms with Crippen LogP contribution in [0.1, 0.15) is 45.9 Å². The minimum absolute atomic E-state index is 0. The molecule has 5 nitrogen and oxygen atoms in total. The van der Waals surface area contributed by atoms with Crippen molar-refractivity contribution in [3.8, 4) is 0 Å². The normalized spacial score (nSPS) is 13.1. The van der Waals surface area contributed by atoms with E-state index < -0.39 is 0 Å². The lowest BCUT2D eigenvalue weighted by atomic mass is 10.1. The molecule has 0 saturated heterocycles. The van der Waals surface area contributed by atoms with Gasteiger partial charge in [-0.05, 0) is 37.6 Å². The van der Waals surface area contributed by atoms with Crippen LogP contribution in [0.5, 0.6) is 0 Å². The fourth-order valence-corrected chi connectivity index (χ4v) is 2.45. The first kappa shape index (κ1) is 22.2. The number of nitrogens with one attached hydrogen (secondary N) is 2.